The molecule has 0 aliphatic heterocycles. The van der Waals surface area contributed by atoms with Gasteiger partial charge in [-0.2, -0.15) is 0 Å². The third-order valence-electron chi connectivity index (χ3n) is 1.50. The summed E-state index contributed by atoms with van der Waals surface area (Å²) >= 11 is 11.3. The van der Waals surface area contributed by atoms with Gasteiger partial charge < -0.3 is 5.73 Å². The molecule has 0 radical (unpaired) electrons. The molecule has 0 aromatic heterocycles. The van der Waals surface area contributed by atoms with Crippen molar-refractivity contribution in [1.82, 2.24) is 0 Å². The van der Waals surface area contributed by atoms with Crippen LogP contribution in [-0.2, 0) is 6.42 Å². The molecule has 1 nitrogen and oxygen atoms in total. The first kappa shape index (κ1) is 9.78. The molecule has 0 atom stereocenters. The number of halogens is 3. The van der Waals surface area contributed by atoms with Crippen molar-refractivity contribution in [1.29, 1.82) is 0 Å². The molecule has 66 valence electrons. The molecule has 1 rings (SSSR count). The smallest absolute Gasteiger partial charge is 0.143 e. The molecule has 12 heavy (non-hydrogen) atoms. The Labute approximate surface area is 80.3 Å². The lowest BCUT2D eigenvalue weighted by Gasteiger charge is -2.03. The van der Waals surface area contributed by atoms with Crippen LogP contribution in [0.15, 0.2) is 12.1 Å². The molecule has 0 aliphatic rings. The van der Waals surface area contributed by atoms with Crippen LogP contribution in [0.1, 0.15) is 5.56 Å². The molecule has 2 N–H and O–H groups in total. The van der Waals surface area contributed by atoms with Crippen LogP contribution in [0.4, 0.5) is 4.39 Å². The van der Waals surface area contributed by atoms with Gasteiger partial charge >= 0.3 is 0 Å². The van der Waals surface area contributed by atoms with Gasteiger partial charge in [-0.3, -0.25) is 0 Å². The van der Waals surface area contributed by atoms with Crippen molar-refractivity contribution in [3.05, 3.63) is 33.6 Å². The van der Waals surface area contributed by atoms with Gasteiger partial charge in [-0.05, 0) is 30.7 Å². The summed E-state index contributed by atoms with van der Waals surface area (Å²) in [6, 6.07) is 2.71. The molecule has 0 heterocycles. The standard InChI is InChI=1S/C8H8Cl2FN/c9-6-4-8(11)7(10)3-5(6)1-2-12/h3-4H,1-2,12H2. The van der Waals surface area contributed by atoms with Gasteiger partial charge in [0.2, 0.25) is 0 Å². The van der Waals surface area contributed by atoms with Gasteiger partial charge in [0.25, 0.3) is 0 Å². The van der Waals surface area contributed by atoms with E-state index in [9.17, 15) is 4.39 Å². The van der Waals surface area contributed by atoms with Gasteiger partial charge in [0.15, 0.2) is 0 Å². The molecule has 0 spiro atoms. The van der Waals surface area contributed by atoms with Crippen LogP contribution in [0.25, 0.3) is 0 Å². The minimum Gasteiger partial charge on any atom is -0.330 e. The highest BCUT2D eigenvalue weighted by Crippen LogP contribution is 2.24. The van der Waals surface area contributed by atoms with E-state index < -0.39 is 5.82 Å². The van der Waals surface area contributed by atoms with Crippen LogP contribution in [0, 0.1) is 5.82 Å². The van der Waals surface area contributed by atoms with Crippen LogP contribution in [0.3, 0.4) is 0 Å². The Hall–Kier alpha value is -0.310. The third kappa shape index (κ3) is 2.09. The van der Waals surface area contributed by atoms with Gasteiger partial charge in [0.1, 0.15) is 5.82 Å². The van der Waals surface area contributed by atoms with Gasteiger partial charge in [0, 0.05) is 5.02 Å². The lowest BCUT2D eigenvalue weighted by Crippen LogP contribution is -2.03. The maximum Gasteiger partial charge on any atom is 0.143 e. The highest BCUT2D eigenvalue weighted by molar-refractivity contribution is 6.33. The summed E-state index contributed by atoms with van der Waals surface area (Å²) in [5.74, 6) is -0.498. The zero-order chi connectivity index (χ0) is 9.14. The second kappa shape index (κ2) is 4.08. The maximum absolute atomic E-state index is 12.8. The lowest BCUT2D eigenvalue weighted by atomic mass is 10.1. The van der Waals surface area contributed by atoms with E-state index in [4.69, 9.17) is 28.9 Å². The van der Waals surface area contributed by atoms with Crippen molar-refractivity contribution in [2.24, 2.45) is 5.73 Å². The molecule has 0 fully saturated rings. The van der Waals surface area contributed by atoms with Crippen LogP contribution in [0.2, 0.25) is 10.0 Å². The number of hydrogen-bond donors (Lipinski definition) is 1. The number of nitrogens with two attached hydrogens (primary N) is 1. The van der Waals surface area contributed by atoms with Crippen molar-refractivity contribution in [2.45, 2.75) is 6.42 Å². The Kier molecular flexibility index (Phi) is 3.32. The number of rotatable bonds is 2. The van der Waals surface area contributed by atoms with Gasteiger partial charge in [-0.1, -0.05) is 23.2 Å². The minimum atomic E-state index is -0.498. The maximum atomic E-state index is 12.8. The van der Waals surface area contributed by atoms with Crippen LogP contribution >= 0.6 is 23.2 Å². The topological polar surface area (TPSA) is 26.0 Å². The summed E-state index contributed by atoms with van der Waals surface area (Å²) < 4.78 is 12.8. The fourth-order valence-corrected chi connectivity index (χ4v) is 1.34. The van der Waals surface area contributed by atoms with Crippen molar-refractivity contribution < 1.29 is 4.39 Å². The first-order valence-corrected chi connectivity index (χ1v) is 4.24. The second-order valence-corrected chi connectivity index (χ2v) is 3.21. The zero-order valence-electron chi connectivity index (χ0n) is 6.28. The Morgan fingerprint density at radius 3 is 2.50 bits per heavy atom. The molecule has 0 saturated carbocycles. The first-order valence-electron chi connectivity index (χ1n) is 3.48. The third-order valence-corrected chi connectivity index (χ3v) is 2.14. The predicted octanol–water partition coefficient (Wildman–Crippen LogP) is 2.63. The fraction of sp³-hybridized carbons (Fsp3) is 0.250. The molecule has 4 heteroatoms. The minimum absolute atomic E-state index is 0.0860. The molecular formula is C8H8Cl2FN. The molecule has 0 bridgehead atoms. The molecule has 1 aromatic carbocycles. The molecule has 0 unspecified atom stereocenters. The molecule has 0 amide bonds. The average molecular weight is 208 g/mol. The van der Waals surface area contributed by atoms with E-state index in [1.54, 1.807) is 0 Å². The fourth-order valence-electron chi connectivity index (χ4n) is 0.911. The highest BCUT2D eigenvalue weighted by atomic mass is 35.5. The predicted molar refractivity (Wildman–Crippen MR) is 49.2 cm³/mol. The van der Waals surface area contributed by atoms with E-state index in [2.05, 4.69) is 0 Å². The monoisotopic (exact) mass is 207 g/mol. The Morgan fingerprint density at radius 1 is 1.25 bits per heavy atom. The van der Waals surface area contributed by atoms with Crippen molar-refractivity contribution in [2.75, 3.05) is 6.54 Å². The molecular weight excluding hydrogens is 200 g/mol. The number of benzene rings is 1. The Morgan fingerprint density at radius 2 is 1.92 bits per heavy atom. The SMILES string of the molecule is NCCc1cc(Cl)c(F)cc1Cl. The quantitative estimate of drug-likeness (QED) is 0.742. The van der Waals surface area contributed by atoms with Gasteiger partial charge in [-0.15, -0.1) is 0 Å². The Balaban J connectivity index is 3.05. The summed E-state index contributed by atoms with van der Waals surface area (Å²) in [6.45, 7) is 0.474. The normalized spacial score (nSPS) is 10.3. The Bertz CT molecular complexity index is 289. The molecule has 1 aromatic rings. The van der Waals surface area contributed by atoms with Gasteiger partial charge in [0.05, 0.1) is 5.02 Å². The summed E-state index contributed by atoms with van der Waals surface area (Å²) in [4.78, 5) is 0. The molecule has 0 aliphatic carbocycles. The highest BCUT2D eigenvalue weighted by Gasteiger charge is 2.05. The van der Waals surface area contributed by atoms with E-state index in [0.717, 1.165) is 5.56 Å². The molecule has 0 saturated heterocycles. The average Bonchev–Trinajstić information content (AvgIpc) is 2.01. The first-order chi connectivity index (χ1) is 5.65. The van der Waals surface area contributed by atoms with Crippen LogP contribution < -0.4 is 5.73 Å². The zero-order valence-corrected chi connectivity index (χ0v) is 7.79. The van der Waals surface area contributed by atoms with E-state index in [1.165, 1.54) is 12.1 Å². The van der Waals surface area contributed by atoms with E-state index in [1.807, 2.05) is 0 Å². The lowest BCUT2D eigenvalue weighted by molar-refractivity contribution is 0.627. The summed E-state index contributed by atoms with van der Waals surface area (Å²) in [6.07, 6.45) is 0.610. The summed E-state index contributed by atoms with van der Waals surface area (Å²) in [7, 11) is 0. The van der Waals surface area contributed by atoms with Crippen LogP contribution in [0.5, 0.6) is 0 Å². The summed E-state index contributed by atoms with van der Waals surface area (Å²) in [5.41, 5.74) is 6.11. The van der Waals surface area contributed by atoms with E-state index in [-0.39, 0.29) is 5.02 Å². The van der Waals surface area contributed by atoms with Crippen molar-refractivity contribution in [3.8, 4) is 0 Å². The van der Waals surface area contributed by atoms with Crippen LogP contribution in [-0.4, -0.2) is 6.54 Å². The second-order valence-electron chi connectivity index (χ2n) is 2.40. The number of hydrogen-bond acceptors (Lipinski definition) is 1. The van der Waals surface area contributed by atoms with Crippen molar-refractivity contribution >= 4 is 23.2 Å². The van der Waals surface area contributed by atoms with Gasteiger partial charge in [-0.25, -0.2) is 4.39 Å². The largest absolute Gasteiger partial charge is 0.330 e. The van der Waals surface area contributed by atoms with E-state index >= 15 is 0 Å². The van der Waals surface area contributed by atoms with E-state index in [0.29, 0.717) is 18.0 Å². The van der Waals surface area contributed by atoms with Crippen molar-refractivity contribution in [3.63, 3.8) is 0 Å². The summed E-state index contributed by atoms with van der Waals surface area (Å²) in [5, 5.41) is 0.463.